The fraction of sp³-hybridized carbons (Fsp3) is 0.273. The van der Waals surface area contributed by atoms with E-state index in [-0.39, 0.29) is 15.6 Å². The van der Waals surface area contributed by atoms with Crippen molar-refractivity contribution < 1.29 is 8.42 Å². The van der Waals surface area contributed by atoms with Crippen molar-refractivity contribution in [3.63, 3.8) is 0 Å². The Labute approximate surface area is 115 Å². The second-order valence-corrected chi connectivity index (χ2v) is 7.25. The molecule has 0 fully saturated rings. The van der Waals surface area contributed by atoms with Crippen molar-refractivity contribution in [3.8, 4) is 6.07 Å². The van der Waals surface area contributed by atoms with Gasteiger partial charge in [-0.1, -0.05) is 0 Å². The van der Waals surface area contributed by atoms with Crippen LogP contribution >= 0.6 is 11.3 Å². The largest absolute Gasteiger partial charge is 0.272 e. The maximum Gasteiger partial charge on any atom is 0.272 e. The first-order valence-corrected chi connectivity index (χ1v) is 7.67. The zero-order valence-electron chi connectivity index (χ0n) is 10.6. The van der Waals surface area contributed by atoms with E-state index in [9.17, 15) is 8.42 Å². The molecule has 2 rings (SSSR count). The van der Waals surface area contributed by atoms with E-state index in [4.69, 9.17) is 5.26 Å². The van der Waals surface area contributed by atoms with Crippen molar-refractivity contribution in [2.24, 2.45) is 7.05 Å². The molecule has 1 N–H and O–H groups in total. The van der Waals surface area contributed by atoms with Crippen molar-refractivity contribution in [2.45, 2.75) is 18.1 Å². The number of hydrogen-bond donors (Lipinski definition) is 1. The van der Waals surface area contributed by atoms with E-state index < -0.39 is 10.0 Å². The zero-order valence-corrected chi connectivity index (χ0v) is 12.3. The molecule has 0 saturated heterocycles. The average molecular weight is 296 g/mol. The molecule has 0 bridgehead atoms. The molecule has 0 amide bonds. The summed E-state index contributed by atoms with van der Waals surface area (Å²) in [4.78, 5) is 0.946. The lowest BCUT2D eigenvalue weighted by Gasteiger charge is -2.02. The van der Waals surface area contributed by atoms with Crippen LogP contribution in [0.5, 0.6) is 0 Å². The number of sulfonamides is 1. The number of thiophene rings is 1. The Bertz CT molecular complexity index is 746. The van der Waals surface area contributed by atoms with Crippen molar-refractivity contribution in [1.29, 1.82) is 5.26 Å². The van der Waals surface area contributed by atoms with Gasteiger partial charge in [0.2, 0.25) is 0 Å². The second kappa shape index (κ2) is 4.68. The first-order chi connectivity index (χ1) is 8.83. The van der Waals surface area contributed by atoms with Gasteiger partial charge in [-0.05, 0) is 25.5 Å². The van der Waals surface area contributed by atoms with Crippen molar-refractivity contribution >= 4 is 27.2 Å². The third kappa shape index (κ3) is 2.62. The minimum Gasteiger partial charge on any atom is -0.272 e. The number of nitriles is 1. The number of rotatable bonds is 3. The Balaban J connectivity index is 2.39. The van der Waals surface area contributed by atoms with Gasteiger partial charge in [-0.2, -0.15) is 10.4 Å². The maximum absolute atomic E-state index is 12.2. The minimum absolute atomic E-state index is 0.0497. The first-order valence-electron chi connectivity index (χ1n) is 5.37. The van der Waals surface area contributed by atoms with Gasteiger partial charge in [0.25, 0.3) is 10.0 Å². The van der Waals surface area contributed by atoms with Gasteiger partial charge < -0.3 is 0 Å². The molecule has 0 aliphatic rings. The quantitative estimate of drug-likeness (QED) is 0.935. The summed E-state index contributed by atoms with van der Waals surface area (Å²) < 4.78 is 28.3. The van der Waals surface area contributed by atoms with Gasteiger partial charge in [0.15, 0.2) is 5.82 Å². The van der Waals surface area contributed by atoms with Gasteiger partial charge in [-0.3, -0.25) is 9.40 Å². The van der Waals surface area contributed by atoms with Crippen LogP contribution in [0.1, 0.15) is 16.0 Å². The normalized spacial score (nSPS) is 11.3. The summed E-state index contributed by atoms with van der Waals surface area (Å²) in [6, 6.07) is 3.51. The Morgan fingerprint density at radius 1 is 1.47 bits per heavy atom. The van der Waals surface area contributed by atoms with E-state index in [1.807, 2.05) is 19.9 Å². The van der Waals surface area contributed by atoms with E-state index in [1.54, 1.807) is 13.1 Å². The molecule has 2 heterocycles. The van der Waals surface area contributed by atoms with Crippen LogP contribution in [0.4, 0.5) is 5.82 Å². The third-order valence-corrected chi connectivity index (χ3v) is 5.55. The summed E-state index contributed by atoms with van der Waals surface area (Å²) >= 11 is 1.19. The molecule has 0 aliphatic carbocycles. The molecule has 8 heteroatoms. The van der Waals surface area contributed by atoms with E-state index in [0.29, 0.717) is 0 Å². The topological polar surface area (TPSA) is 87.8 Å². The lowest BCUT2D eigenvalue weighted by atomic mass is 10.3. The predicted molar refractivity (Wildman–Crippen MR) is 72.5 cm³/mol. The van der Waals surface area contributed by atoms with Gasteiger partial charge in [-0.25, -0.2) is 8.42 Å². The van der Waals surface area contributed by atoms with Gasteiger partial charge in [0.1, 0.15) is 15.8 Å². The monoisotopic (exact) mass is 296 g/mol. The second-order valence-electron chi connectivity index (χ2n) is 4.09. The number of nitrogens with one attached hydrogen (secondary N) is 1. The summed E-state index contributed by atoms with van der Waals surface area (Å²) in [6.45, 7) is 3.72. The molecule has 6 nitrogen and oxygen atoms in total. The van der Waals surface area contributed by atoms with Crippen LogP contribution in [0.15, 0.2) is 16.5 Å². The van der Waals surface area contributed by atoms with Crippen LogP contribution in [-0.4, -0.2) is 18.2 Å². The molecule has 2 aromatic heterocycles. The molecule has 0 unspecified atom stereocenters. The number of anilines is 1. The number of aryl methyl sites for hydroxylation is 3. The smallest absolute Gasteiger partial charge is 0.272 e. The summed E-state index contributed by atoms with van der Waals surface area (Å²) in [5.74, 6) is 0.0497. The molecular weight excluding hydrogens is 284 g/mol. The Morgan fingerprint density at radius 2 is 2.16 bits per heavy atom. The molecule has 0 saturated carbocycles. The molecule has 0 atom stereocenters. The zero-order chi connectivity index (χ0) is 14.2. The fourth-order valence-electron chi connectivity index (χ4n) is 1.49. The first kappa shape index (κ1) is 13.6. The highest BCUT2D eigenvalue weighted by Crippen LogP contribution is 2.27. The molecule has 0 aliphatic heterocycles. The van der Waals surface area contributed by atoms with Crippen LogP contribution in [-0.2, 0) is 17.1 Å². The average Bonchev–Trinajstić information content (AvgIpc) is 2.83. The van der Waals surface area contributed by atoms with Crippen molar-refractivity contribution in [2.75, 3.05) is 4.72 Å². The minimum atomic E-state index is -3.69. The molecule has 2 aromatic rings. The van der Waals surface area contributed by atoms with Crippen LogP contribution in [0, 0.1) is 25.2 Å². The number of aromatic nitrogens is 2. The van der Waals surface area contributed by atoms with E-state index in [1.165, 1.54) is 22.2 Å². The van der Waals surface area contributed by atoms with Gasteiger partial charge in [-0.15, -0.1) is 11.3 Å². The van der Waals surface area contributed by atoms with Crippen molar-refractivity contribution in [1.82, 2.24) is 9.78 Å². The van der Waals surface area contributed by atoms with Crippen molar-refractivity contribution in [3.05, 3.63) is 28.3 Å². The fourth-order valence-corrected chi connectivity index (χ4v) is 4.03. The molecule has 19 heavy (non-hydrogen) atoms. The van der Waals surface area contributed by atoms with E-state index >= 15 is 0 Å². The van der Waals surface area contributed by atoms with E-state index in [2.05, 4.69) is 9.82 Å². The molecule has 0 aromatic carbocycles. The van der Waals surface area contributed by atoms with Crippen LogP contribution < -0.4 is 4.72 Å². The van der Waals surface area contributed by atoms with E-state index in [0.717, 1.165) is 10.4 Å². The summed E-state index contributed by atoms with van der Waals surface area (Å²) in [5.41, 5.74) is 1.11. The van der Waals surface area contributed by atoms with Crippen LogP contribution in [0.25, 0.3) is 0 Å². The summed E-state index contributed by atoms with van der Waals surface area (Å²) in [7, 11) is -2.07. The maximum atomic E-state index is 12.2. The lowest BCUT2D eigenvalue weighted by molar-refractivity contribution is 0.602. The number of hydrogen-bond acceptors (Lipinski definition) is 5. The highest BCUT2D eigenvalue weighted by Gasteiger charge is 2.21. The molecule has 0 radical (unpaired) electrons. The summed E-state index contributed by atoms with van der Waals surface area (Å²) in [5, 5.41) is 12.8. The Morgan fingerprint density at radius 3 is 2.68 bits per heavy atom. The predicted octanol–water partition coefficient (Wildman–Crippen LogP) is 1.77. The van der Waals surface area contributed by atoms with Crippen LogP contribution in [0.3, 0.4) is 0 Å². The molecule has 0 spiro atoms. The lowest BCUT2D eigenvalue weighted by Crippen LogP contribution is -2.13. The summed E-state index contributed by atoms with van der Waals surface area (Å²) in [6.07, 6.45) is 1.46. The Kier molecular flexibility index (Phi) is 3.34. The molecule has 100 valence electrons. The van der Waals surface area contributed by atoms with Gasteiger partial charge in [0.05, 0.1) is 0 Å². The van der Waals surface area contributed by atoms with Gasteiger partial charge >= 0.3 is 0 Å². The molecular formula is C11H12N4O2S2. The Hall–Kier alpha value is -1.85. The highest BCUT2D eigenvalue weighted by atomic mass is 32.2. The standard InChI is InChI=1S/C11H12N4O2S2/c1-7-4-10(18-8(7)2)19(16,17)14-11-9(5-12)6-15(3)13-11/h4,6H,1-3H3,(H,13,14). The highest BCUT2D eigenvalue weighted by molar-refractivity contribution is 7.94. The van der Waals surface area contributed by atoms with Gasteiger partial charge in [0, 0.05) is 18.1 Å². The number of nitrogens with zero attached hydrogens (tertiary/aromatic N) is 3. The third-order valence-electron chi connectivity index (χ3n) is 2.59. The van der Waals surface area contributed by atoms with Crippen LogP contribution in [0.2, 0.25) is 0 Å². The SMILES string of the molecule is Cc1cc(S(=O)(=O)Nc2nn(C)cc2C#N)sc1C.